The van der Waals surface area contributed by atoms with Crippen molar-refractivity contribution < 1.29 is 9.50 Å². The summed E-state index contributed by atoms with van der Waals surface area (Å²) in [5.41, 5.74) is 2.23. The van der Waals surface area contributed by atoms with Gasteiger partial charge in [-0.05, 0) is 42.4 Å². The van der Waals surface area contributed by atoms with E-state index in [-0.39, 0.29) is 5.82 Å². The number of hydrogen-bond acceptors (Lipinski definition) is 1. The largest absolute Gasteiger partial charge is 0.400 e. The lowest BCUT2D eigenvalue weighted by Crippen LogP contribution is -2.07. The highest BCUT2D eigenvalue weighted by Gasteiger charge is 2.18. The predicted octanol–water partition coefficient (Wildman–Crippen LogP) is 6.10. The first-order chi connectivity index (χ1) is 10.3. The van der Waals surface area contributed by atoms with Crippen LogP contribution >= 0.6 is 0 Å². The Morgan fingerprint density at radius 2 is 1.52 bits per heavy atom. The molecule has 0 aromatic heterocycles. The first kappa shape index (κ1) is 22.4. The van der Waals surface area contributed by atoms with E-state index in [0.29, 0.717) is 5.92 Å². The highest BCUT2D eigenvalue weighted by molar-refractivity contribution is 5.28. The topological polar surface area (TPSA) is 20.2 Å². The van der Waals surface area contributed by atoms with Crippen LogP contribution in [0.15, 0.2) is 18.2 Å². The van der Waals surface area contributed by atoms with Crippen LogP contribution in [0, 0.1) is 5.82 Å². The average molecular weight is 298 g/mol. The van der Waals surface area contributed by atoms with E-state index in [1.165, 1.54) is 37.7 Å². The van der Waals surface area contributed by atoms with E-state index in [9.17, 15) is 4.39 Å². The third kappa shape index (κ3) is 8.21. The summed E-state index contributed by atoms with van der Waals surface area (Å²) < 4.78 is 13.7. The second kappa shape index (κ2) is 15.5. The van der Waals surface area contributed by atoms with Crippen molar-refractivity contribution in [3.05, 3.63) is 35.1 Å². The standard InChI is InChI=1S/C14H19F.2C2H6.CH4O/c1-2-11-8-9-14(15)13(10-11)12-6-4-3-5-7-12;3*1-2/h8-10,12H,2-7H2,1H3;2*1-2H3;2H,1H3. The van der Waals surface area contributed by atoms with Crippen LogP contribution in [-0.4, -0.2) is 12.2 Å². The molecule has 1 N–H and O–H groups in total. The molecule has 0 bridgehead atoms. The minimum absolute atomic E-state index is 0.000833. The summed E-state index contributed by atoms with van der Waals surface area (Å²) >= 11 is 0. The first-order valence-electron chi connectivity index (χ1n) is 8.54. The molecule has 124 valence electrons. The van der Waals surface area contributed by atoms with Gasteiger partial charge in [-0.3, -0.25) is 0 Å². The van der Waals surface area contributed by atoms with Crippen molar-refractivity contribution in [1.82, 2.24) is 0 Å². The molecule has 0 atom stereocenters. The summed E-state index contributed by atoms with van der Waals surface area (Å²) in [5, 5.41) is 7.00. The Labute approximate surface area is 131 Å². The molecular formula is C19H35FO. The van der Waals surface area contributed by atoms with Gasteiger partial charge in [-0.2, -0.15) is 0 Å². The van der Waals surface area contributed by atoms with Crippen molar-refractivity contribution >= 4 is 0 Å². The first-order valence-corrected chi connectivity index (χ1v) is 8.54. The Balaban J connectivity index is 0. The van der Waals surface area contributed by atoms with Crippen LogP contribution in [0.3, 0.4) is 0 Å². The molecule has 1 aliphatic rings. The normalized spacial score (nSPS) is 13.7. The Morgan fingerprint density at radius 3 is 2.00 bits per heavy atom. The van der Waals surface area contributed by atoms with Gasteiger partial charge in [0.05, 0.1) is 0 Å². The molecule has 2 heteroatoms. The van der Waals surface area contributed by atoms with Gasteiger partial charge in [0, 0.05) is 7.11 Å². The van der Waals surface area contributed by atoms with Gasteiger partial charge in [-0.15, -0.1) is 0 Å². The van der Waals surface area contributed by atoms with Crippen LogP contribution in [0.5, 0.6) is 0 Å². The van der Waals surface area contributed by atoms with Gasteiger partial charge in [0.25, 0.3) is 0 Å². The van der Waals surface area contributed by atoms with Gasteiger partial charge in [0.2, 0.25) is 0 Å². The van der Waals surface area contributed by atoms with E-state index in [4.69, 9.17) is 5.11 Å². The zero-order valence-corrected chi connectivity index (χ0v) is 14.9. The molecule has 1 aliphatic carbocycles. The molecule has 0 radical (unpaired) electrons. The van der Waals surface area contributed by atoms with E-state index in [2.05, 4.69) is 13.0 Å². The van der Waals surface area contributed by atoms with Crippen molar-refractivity contribution in [2.45, 2.75) is 79.1 Å². The fraction of sp³-hybridized carbons (Fsp3) is 0.684. The third-order valence-electron chi connectivity index (χ3n) is 3.51. The zero-order chi connectivity index (χ0) is 16.7. The molecule has 1 aromatic carbocycles. The van der Waals surface area contributed by atoms with E-state index < -0.39 is 0 Å². The molecule has 0 heterocycles. The summed E-state index contributed by atoms with van der Waals surface area (Å²) in [6, 6.07) is 5.62. The lowest BCUT2D eigenvalue weighted by atomic mass is 9.83. The van der Waals surface area contributed by atoms with Gasteiger partial charge >= 0.3 is 0 Å². The molecule has 0 saturated heterocycles. The molecule has 1 fully saturated rings. The summed E-state index contributed by atoms with van der Waals surface area (Å²) in [4.78, 5) is 0. The Bertz CT molecular complexity index is 330. The third-order valence-corrected chi connectivity index (χ3v) is 3.51. The predicted molar refractivity (Wildman–Crippen MR) is 92.4 cm³/mol. The minimum atomic E-state index is -0.000833. The summed E-state index contributed by atoms with van der Waals surface area (Å²) in [7, 11) is 1.00. The molecule has 0 aliphatic heterocycles. The van der Waals surface area contributed by atoms with Gasteiger partial charge in [0.15, 0.2) is 0 Å². The number of aryl methyl sites for hydroxylation is 1. The van der Waals surface area contributed by atoms with E-state index >= 15 is 0 Å². The Hall–Kier alpha value is -0.890. The number of rotatable bonds is 2. The highest BCUT2D eigenvalue weighted by atomic mass is 19.1. The number of hydrogen-bond donors (Lipinski definition) is 1. The smallest absolute Gasteiger partial charge is 0.126 e. The monoisotopic (exact) mass is 298 g/mol. The average Bonchev–Trinajstić information content (AvgIpc) is 2.61. The molecule has 0 amide bonds. The molecule has 21 heavy (non-hydrogen) atoms. The van der Waals surface area contributed by atoms with Crippen LogP contribution in [-0.2, 0) is 6.42 Å². The van der Waals surface area contributed by atoms with Crippen LogP contribution < -0.4 is 0 Å². The molecule has 1 nitrogen and oxygen atoms in total. The minimum Gasteiger partial charge on any atom is -0.400 e. The van der Waals surface area contributed by atoms with Crippen molar-refractivity contribution in [2.24, 2.45) is 0 Å². The molecule has 1 saturated carbocycles. The second-order valence-corrected chi connectivity index (χ2v) is 4.54. The fourth-order valence-corrected chi connectivity index (χ4v) is 2.54. The van der Waals surface area contributed by atoms with E-state index in [0.717, 1.165) is 19.1 Å². The highest BCUT2D eigenvalue weighted by Crippen LogP contribution is 2.34. The number of aliphatic hydroxyl groups is 1. The van der Waals surface area contributed by atoms with Crippen molar-refractivity contribution in [1.29, 1.82) is 0 Å². The maximum atomic E-state index is 13.7. The fourth-order valence-electron chi connectivity index (χ4n) is 2.54. The van der Waals surface area contributed by atoms with E-state index in [1.54, 1.807) is 6.07 Å². The maximum Gasteiger partial charge on any atom is 0.126 e. The molecule has 0 unspecified atom stereocenters. The maximum absolute atomic E-state index is 13.7. The van der Waals surface area contributed by atoms with Crippen molar-refractivity contribution in [2.75, 3.05) is 7.11 Å². The molecule has 0 spiro atoms. The van der Waals surface area contributed by atoms with Gasteiger partial charge in [-0.25, -0.2) is 4.39 Å². The Morgan fingerprint density at radius 1 is 1.00 bits per heavy atom. The Kier molecular flexibility index (Phi) is 16.5. The van der Waals surface area contributed by atoms with Gasteiger partial charge in [-0.1, -0.05) is 66.0 Å². The molecule has 1 aromatic rings. The van der Waals surface area contributed by atoms with Crippen LogP contribution in [0.1, 0.15) is 83.8 Å². The quantitative estimate of drug-likeness (QED) is 0.699. The summed E-state index contributed by atoms with van der Waals surface area (Å²) in [6.45, 7) is 10.1. The lowest BCUT2D eigenvalue weighted by molar-refractivity contribution is 0.399. The lowest BCUT2D eigenvalue weighted by Gasteiger charge is -2.22. The van der Waals surface area contributed by atoms with E-state index in [1.807, 2.05) is 33.8 Å². The number of halogens is 1. The van der Waals surface area contributed by atoms with Crippen LogP contribution in [0.25, 0.3) is 0 Å². The molecule has 2 rings (SSSR count). The second-order valence-electron chi connectivity index (χ2n) is 4.54. The number of aliphatic hydroxyl groups excluding tert-OH is 1. The van der Waals surface area contributed by atoms with Crippen molar-refractivity contribution in [3.63, 3.8) is 0 Å². The SMILES string of the molecule is CC.CC.CCc1ccc(F)c(C2CCCCC2)c1.CO. The van der Waals surface area contributed by atoms with Gasteiger partial charge in [0.1, 0.15) is 5.82 Å². The van der Waals surface area contributed by atoms with Gasteiger partial charge < -0.3 is 5.11 Å². The summed E-state index contributed by atoms with van der Waals surface area (Å²) in [6.07, 6.45) is 7.20. The van der Waals surface area contributed by atoms with Crippen LogP contribution in [0.2, 0.25) is 0 Å². The summed E-state index contributed by atoms with van der Waals surface area (Å²) in [5.74, 6) is 0.476. The van der Waals surface area contributed by atoms with Crippen LogP contribution in [0.4, 0.5) is 4.39 Å². The zero-order valence-electron chi connectivity index (χ0n) is 14.9. The molecular weight excluding hydrogens is 263 g/mol. The van der Waals surface area contributed by atoms with Crippen molar-refractivity contribution in [3.8, 4) is 0 Å². The number of benzene rings is 1.